The van der Waals surface area contributed by atoms with Crippen LogP contribution in [0.3, 0.4) is 0 Å². The fourth-order valence-electron chi connectivity index (χ4n) is 2.47. The van der Waals surface area contributed by atoms with E-state index in [1.807, 2.05) is 0 Å². The second kappa shape index (κ2) is 4.67. The maximum absolute atomic E-state index is 3.48. The summed E-state index contributed by atoms with van der Waals surface area (Å²) in [5.41, 5.74) is 0. The van der Waals surface area contributed by atoms with Crippen molar-refractivity contribution in [1.29, 1.82) is 0 Å². The van der Waals surface area contributed by atoms with Gasteiger partial charge in [-0.25, -0.2) is 0 Å². The minimum absolute atomic E-state index is 0.964. The minimum atomic E-state index is 0.964. The van der Waals surface area contributed by atoms with Gasteiger partial charge in [0.15, 0.2) is 0 Å². The van der Waals surface area contributed by atoms with E-state index in [4.69, 9.17) is 0 Å². The molecule has 0 aromatic carbocycles. The molecule has 2 aliphatic heterocycles. The van der Waals surface area contributed by atoms with E-state index in [-0.39, 0.29) is 0 Å². The smallest absolute Gasteiger partial charge is 0.00726 e. The third-order valence-corrected chi connectivity index (χ3v) is 4.10. The molecule has 2 rings (SSSR count). The molecule has 0 radical (unpaired) electrons. The van der Waals surface area contributed by atoms with E-state index in [1.54, 1.807) is 0 Å². The quantitative estimate of drug-likeness (QED) is 0.679. The number of likely N-dealkylation sites (tertiary alicyclic amines) is 1. The average molecular weight is 200 g/mol. The fourth-order valence-corrected chi connectivity index (χ4v) is 3.15. The molecule has 3 heteroatoms. The molecule has 0 aromatic rings. The van der Waals surface area contributed by atoms with Crippen molar-refractivity contribution in [2.24, 2.45) is 11.8 Å². The van der Waals surface area contributed by atoms with Crippen molar-refractivity contribution in [1.82, 2.24) is 10.2 Å². The van der Waals surface area contributed by atoms with Gasteiger partial charge in [0.1, 0.15) is 0 Å². The van der Waals surface area contributed by atoms with Crippen LogP contribution in [0.1, 0.15) is 6.92 Å². The lowest BCUT2D eigenvalue weighted by Gasteiger charge is -2.15. The molecule has 0 spiro atoms. The van der Waals surface area contributed by atoms with Crippen molar-refractivity contribution in [2.75, 3.05) is 44.2 Å². The van der Waals surface area contributed by atoms with E-state index in [1.165, 1.54) is 44.2 Å². The first-order valence-electron chi connectivity index (χ1n) is 5.41. The maximum Gasteiger partial charge on any atom is 0.00726 e. The van der Waals surface area contributed by atoms with Gasteiger partial charge in [0, 0.05) is 25.4 Å². The molecule has 2 nitrogen and oxygen atoms in total. The highest BCUT2D eigenvalue weighted by Crippen LogP contribution is 2.26. The summed E-state index contributed by atoms with van der Waals surface area (Å²) in [6.07, 6.45) is 0. The number of nitrogens with one attached hydrogen (secondary N) is 1. The van der Waals surface area contributed by atoms with Gasteiger partial charge in [-0.2, -0.15) is 11.8 Å². The minimum Gasteiger partial charge on any atom is -0.316 e. The molecule has 2 atom stereocenters. The van der Waals surface area contributed by atoms with Crippen molar-refractivity contribution in [2.45, 2.75) is 6.92 Å². The second-order valence-electron chi connectivity index (χ2n) is 4.13. The van der Waals surface area contributed by atoms with E-state index >= 15 is 0 Å². The first kappa shape index (κ1) is 9.81. The van der Waals surface area contributed by atoms with Gasteiger partial charge in [0.25, 0.3) is 0 Å². The van der Waals surface area contributed by atoms with Gasteiger partial charge in [-0.05, 0) is 30.7 Å². The van der Waals surface area contributed by atoms with Crippen LogP contribution in [0, 0.1) is 11.8 Å². The Labute approximate surface area is 85.4 Å². The third kappa shape index (κ3) is 2.39. The van der Waals surface area contributed by atoms with Gasteiger partial charge in [0.05, 0.1) is 0 Å². The van der Waals surface area contributed by atoms with Crippen LogP contribution in [0.15, 0.2) is 0 Å². The number of rotatable bonds is 4. The van der Waals surface area contributed by atoms with Crippen LogP contribution in [0.2, 0.25) is 0 Å². The topological polar surface area (TPSA) is 15.3 Å². The molecule has 2 fully saturated rings. The van der Waals surface area contributed by atoms with Gasteiger partial charge in [-0.3, -0.25) is 0 Å². The van der Waals surface area contributed by atoms with E-state index in [2.05, 4.69) is 28.9 Å². The maximum atomic E-state index is 3.48. The standard InChI is InChI=1S/C10H20N2S/c1-2-13-4-3-12-7-9-5-11-6-10(9)8-12/h9-11H,2-8H2,1H3. The molecule has 1 N–H and O–H groups in total. The molecule has 2 unspecified atom stereocenters. The third-order valence-electron chi connectivity index (χ3n) is 3.22. The summed E-state index contributed by atoms with van der Waals surface area (Å²) in [4.78, 5) is 2.65. The summed E-state index contributed by atoms with van der Waals surface area (Å²) < 4.78 is 0. The van der Waals surface area contributed by atoms with Crippen LogP contribution in [-0.4, -0.2) is 49.1 Å². The zero-order chi connectivity index (χ0) is 9.10. The summed E-state index contributed by atoms with van der Waals surface area (Å²) in [5.74, 6) is 4.52. The van der Waals surface area contributed by atoms with Crippen LogP contribution in [0.25, 0.3) is 0 Å². The predicted molar refractivity (Wildman–Crippen MR) is 59.3 cm³/mol. The van der Waals surface area contributed by atoms with Crippen LogP contribution in [0.4, 0.5) is 0 Å². The predicted octanol–water partition coefficient (Wildman–Crippen LogP) is 0.891. The van der Waals surface area contributed by atoms with E-state index in [9.17, 15) is 0 Å². The SMILES string of the molecule is CCSCCN1CC2CNCC2C1. The fraction of sp³-hybridized carbons (Fsp3) is 1.00. The molecule has 13 heavy (non-hydrogen) atoms. The Kier molecular flexibility index (Phi) is 3.52. The lowest BCUT2D eigenvalue weighted by molar-refractivity contribution is 0.333. The number of hydrogen-bond donors (Lipinski definition) is 1. The van der Waals surface area contributed by atoms with Crippen LogP contribution in [-0.2, 0) is 0 Å². The average Bonchev–Trinajstić information content (AvgIpc) is 2.64. The summed E-state index contributed by atoms with van der Waals surface area (Å²) in [7, 11) is 0. The lowest BCUT2D eigenvalue weighted by atomic mass is 10.0. The van der Waals surface area contributed by atoms with Gasteiger partial charge in [0.2, 0.25) is 0 Å². The Balaban J connectivity index is 1.67. The highest BCUT2D eigenvalue weighted by molar-refractivity contribution is 7.99. The second-order valence-corrected chi connectivity index (χ2v) is 5.53. The van der Waals surface area contributed by atoms with Crippen molar-refractivity contribution in [3.8, 4) is 0 Å². The molecule has 0 amide bonds. The molecule has 0 aromatic heterocycles. The normalized spacial score (nSPS) is 33.9. The Hall–Kier alpha value is 0.270. The Morgan fingerprint density at radius 2 is 2.00 bits per heavy atom. The largest absolute Gasteiger partial charge is 0.316 e. The number of hydrogen-bond acceptors (Lipinski definition) is 3. The van der Waals surface area contributed by atoms with Crippen molar-refractivity contribution >= 4 is 11.8 Å². The molecule has 0 aliphatic carbocycles. The van der Waals surface area contributed by atoms with Crippen molar-refractivity contribution in [3.05, 3.63) is 0 Å². The number of thioether (sulfide) groups is 1. The zero-order valence-corrected chi connectivity index (χ0v) is 9.28. The van der Waals surface area contributed by atoms with E-state index in [0.717, 1.165) is 11.8 Å². The van der Waals surface area contributed by atoms with Crippen LogP contribution >= 0.6 is 11.8 Å². The number of nitrogens with zero attached hydrogens (tertiary/aromatic N) is 1. The molecule has 2 saturated heterocycles. The molecule has 76 valence electrons. The molecule has 2 aliphatic rings. The van der Waals surface area contributed by atoms with Crippen molar-refractivity contribution in [3.63, 3.8) is 0 Å². The first-order valence-corrected chi connectivity index (χ1v) is 6.56. The molecule has 0 saturated carbocycles. The van der Waals surface area contributed by atoms with Gasteiger partial charge in [-0.1, -0.05) is 6.92 Å². The summed E-state index contributed by atoms with van der Waals surface area (Å²) in [6.45, 7) is 8.78. The number of fused-ring (bicyclic) bond motifs is 1. The first-order chi connectivity index (χ1) is 6.40. The monoisotopic (exact) mass is 200 g/mol. The van der Waals surface area contributed by atoms with Crippen LogP contribution < -0.4 is 5.32 Å². The van der Waals surface area contributed by atoms with Gasteiger partial charge < -0.3 is 10.2 Å². The molecule has 2 heterocycles. The lowest BCUT2D eigenvalue weighted by Crippen LogP contribution is -2.27. The molecule has 0 bridgehead atoms. The highest BCUT2D eigenvalue weighted by atomic mass is 32.2. The molecular formula is C10H20N2S. The zero-order valence-electron chi connectivity index (χ0n) is 8.46. The Morgan fingerprint density at radius 1 is 1.31 bits per heavy atom. The summed E-state index contributed by atoms with van der Waals surface area (Å²) in [5, 5.41) is 3.48. The van der Waals surface area contributed by atoms with Gasteiger partial charge >= 0.3 is 0 Å². The summed E-state index contributed by atoms with van der Waals surface area (Å²) >= 11 is 2.07. The Morgan fingerprint density at radius 3 is 2.62 bits per heavy atom. The van der Waals surface area contributed by atoms with E-state index in [0.29, 0.717) is 0 Å². The molecular weight excluding hydrogens is 180 g/mol. The van der Waals surface area contributed by atoms with Crippen LogP contribution in [0.5, 0.6) is 0 Å². The summed E-state index contributed by atoms with van der Waals surface area (Å²) in [6, 6.07) is 0. The van der Waals surface area contributed by atoms with Gasteiger partial charge in [-0.15, -0.1) is 0 Å². The van der Waals surface area contributed by atoms with E-state index < -0.39 is 0 Å². The Bertz CT molecular complexity index is 151. The van der Waals surface area contributed by atoms with Crippen molar-refractivity contribution < 1.29 is 0 Å². The highest BCUT2D eigenvalue weighted by Gasteiger charge is 2.35.